The van der Waals surface area contributed by atoms with Crippen LogP contribution in [0.15, 0.2) is 40.3 Å². The minimum atomic E-state index is -0.745. The third kappa shape index (κ3) is 4.00. The molecule has 2 atom stereocenters. The fourth-order valence-corrected chi connectivity index (χ4v) is 3.83. The summed E-state index contributed by atoms with van der Waals surface area (Å²) in [4.78, 5) is 9.92. The van der Waals surface area contributed by atoms with Crippen molar-refractivity contribution in [2.45, 2.75) is 59.9 Å². The number of hydrogen-bond donors (Lipinski definition) is 0. The summed E-state index contributed by atoms with van der Waals surface area (Å²) in [5, 5.41) is 0. The molecule has 0 aliphatic carbocycles. The maximum atomic E-state index is 6.20. The number of aliphatic imine (C=N–C) groups is 2. The Balaban J connectivity index is 1.64. The van der Waals surface area contributed by atoms with Gasteiger partial charge in [0, 0.05) is 5.56 Å². The van der Waals surface area contributed by atoms with Gasteiger partial charge in [-0.15, -0.1) is 0 Å². The van der Waals surface area contributed by atoms with Crippen LogP contribution in [-0.2, 0) is 18.9 Å². The monoisotopic (exact) mass is 414 g/mol. The quantitative estimate of drug-likeness (QED) is 0.735. The predicted octanol–water partition coefficient (Wildman–Crippen LogP) is 4.41. The summed E-state index contributed by atoms with van der Waals surface area (Å²) in [6.45, 7) is 14.9. The van der Waals surface area contributed by atoms with Gasteiger partial charge < -0.3 is 18.9 Å². The van der Waals surface area contributed by atoms with Gasteiger partial charge in [0.05, 0.1) is 25.3 Å². The summed E-state index contributed by atoms with van der Waals surface area (Å²) in [5.74, 6) is 1.25. The van der Waals surface area contributed by atoms with Crippen LogP contribution in [0.1, 0.15) is 53.4 Å². The summed E-state index contributed by atoms with van der Waals surface area (Å²) in [7, 11) is 0. The van der Waals surface area contributed by atoms with Crippen molar-refractivity contribution in [3.63, 3.8) is 0 Å². The van der Waals surface area contributed by atoms with E-state index in [4.69, 9.17) is 28.9 Å². The van der Waals surface area contributed by atoms with E-state index in [0.29, 0.717) is 38.2 Å². The van der Waals surface area contributed by atoms with E-state index in [1.54, 1.807) is 0 Å². The Morgan fingerprint density at radius 2 is 1.23 bits per heavy atom. The van der Waals surface area contributed by atoms with Gasteiger partial charge in [0.1, 0.15) is 13.2 Å². The Morgan fingerprint density at radius 3 is 1.63 bits per heavy atom. The van der Waals surface area contributed by atoms with Crippen LogP contribution in [-0.4, -0.2) is 50.3 Å². The Kier molecular flexibility index (Phi) is 5.43. The van der Waals surface area contributed by atoms with E-state index >= 15 is 0 Å². The standard InChI is InChI=1S/C24H34N2O4/c1-22(2,3)17-12-27-20(25-17)24(21-26-18(13-28-21)23(4,5)6)14-29-19(30-15-24)16-10-8-7-9-11-16/h7-11,17-19H,12-15H2,1-6H3/t17-,18-/m1/s1. The van der Waals surface area contributed by atoms with E-state index in [1.165, 1.54) is 0 Å². The smallest absolute Gasteiger partial charge is 0.204 e. The first-order chi connectivity index (χ1) is 14.1. The van der Waals surface area contributed by atoms with E-state index in [0.717, 1.165) is 5.56 Å². The normalized spacial score (nSPS) is 27.3. The topological polar surface area (TPSA) is 61.6 Å². The third-order valence-electron chi connectivity index (χ3n) is 6.15. The highest BCUT2D eigenvalue weighted by atomic mass is 16.7. The molecule has 3 heterocycles. The van der Waals surface area contributed by atoms with Gasteiger partial charge in [-0.1, -0.05) is 71.9 Å². The minimum Gasteiger partial charge on any atom is -0.478 e. The third-order valence-corrected chi connectivity index (χ3v) is 6.15. The minimum absolute atomic E-state index is 0.0121. The first kappa shape index (κ1) is 21.3. The summed E-state index contributed by atoms with van der Waals surface area (Å²) >= 11 is 0. The first-order valence-corrected chi connectivity index (χ1v) is 10.8. The maximum absolute atomic E-state index is 6.20. The van der Waals surface area contributed by atoms with Gasteiger partial charge in [-0.25, -0.2) is 9.98 Å². The molecule has 1 aromatic carbocycles. The molecule has 164 valence electrons. The van der Waals surface area contributed by atoms with Crippen molar-refractivity contribution in [3.8, 4) is 0 Å². The number of nitrogens with zero attached hydrogens (tertiary/aromatic N) is 2. The Hall–Kier alpha value is -1.92. The molecule has 1 saturated heterocycles. The van der Waals surface area contributed by atoms with Crippen LogP contribution in [0.4, 0.5) is 0 Å². The lowest BCUT2D eigenvalue weighted by Crippen LogP contribution is -2.51. The molecule has 6 nitrogen and oxygen atoms in total. The van der Waals surface area contributed by atoms with Crippen LogP contribution in [0.5, 0.6) is 0 Å². The van der Waals surface area contributed by atoms with E-state index in [9.17, 15) is 0 Å². The molecule has 0 saturated carbocycles. The Morgan fingerprint density at radius 1 is 0.767 bits per heavy atom. The second-order valence-electron chi connectivity index (χ2n) is 10.7. The van der Waals surface area contributed by atoms with Crippen molar-refractivity contribution in [3.05, 3.63) is 35.9 Å². The van der Waals surface area contributed by atoms with E-state index in [-0.39, 0.29) is 22.9 Å². The molecule has 30 heavy (non-hydrogen) atoms. The summed E-state index contributed by atoms with van der Waals surface area (Å²) in [5.41, 5.74) is 0.275. The number of rotatable bonds is 3. The first-order valence-electron chi connectivity index (χ1n) is 10.8. The molecule has 0 spiro atoms. The average molecular weight is 415 g/mol. The van der Waals surface area contributed by atoms with Gasteiger partial charge in [-0.05, 0) is 10.8 Å². The summed E-state index contributed by atoms with van der Waals surface area (Å²) in [6.07, 6.45) is -0.417. The molecule has 3 aliphatic rings. The van der Waals surface area contributed by atoms with Gasteiger partial charge in [0.15, 0.2) is 11.7 Å². The van der Waals surface area contributed by atoms with Gasteiger partial charge >= 0.3 is 0 Å². The fourth-order valence-electron chi connectivity index (χ4n) is 3.83. The molecule has 0 aromatic heterocycles. The molecular formula is C24H34N2O4. The molecule has 1 fully saturated rings. The van der Waals surface area contributed by atoms with Gasteiger partial charge in [-0.3, -0.25) is 0 Å². The SMILES string of the molecule is CC(C)(C)[C@H]1COC(C2(C3=N[C@@H](C(C)(C)C)CO3)COC(c3ccccc3)OC2)=N1. The molecule has 0 bridgehead atoms. The van der Waals surface area contributed by atoms with Crippen LogP contribution in [0, 0.1) is 16.2 Å². The van der Waals surface area contributed by atoms with E-state index in [1.807, 2.05) is 30.3 Å². The largest absolute Gasteiger partial charge is 0.478 e. The Labute approximate surface area is 179 Å². The van der Waals surface area contributed by atoms with Crippen molar-refractivity contribution in [2.24, 2.45) is 26.2 Å². The number of hydrogen-bond acceptors (Lipinski definition) is 6. The highest BCUT2D eigenvalue weighted by molar-refractivity contribution is 6.06. The van der Waals surface area contributed by atoms with Crippen molar-refractivity contribution in [2.75, 3.05) is 26.4 Å². The lowest BCUT2D eigenvalue weighted by atomic mass is 9.86. The summed E-state index contributed by atoms with van der Waals surface area (Å²) in [6, 6.07) is 10.1. The van der Waals surface area contributed by atoms with Crippen LogP contribution >= 0.6 is 0 Å². The Bertz CT molecular complexity index is 770. The van der Waals surface area contributed by atoms with Crippen LogP contribution < -0.4 is 0 Å². The predicted molar refractivity (Wildman–Crippen MR) is 117 cm³/mol. The second kappa shape index (κ2) is 7.65. The lowest BCUT2D eigenvalue weighted by Gasteiger charge is -2.38. The maximum Gasteiger partial charge on any atom is 0.204 e. The molecule has 3 aliphatic heterocycles. The molecule has 0 radical (unpaired) electrons. The lowest BCUT2D eigenvalue weighted by molar-refractivity contribution is -0.209. The van der Waals surface area contributed by atoms with Crippen LogP contribution in [0.25, 0.3) is 0 Å². The van der Waals surface area contributed by atoms with E-state index < -0.39 is 11.7 Å². The van der Waals surface area contributed by atoms with Crippen molar-refractivity contribution in [1.82, 2.24) is 0 Å². The molecular weight excluding hydrogens is 380 g/mol. The number of benzene rings is 1. The molecule has 0 N–H and O–H groups in total. The van der Waals surface area contributed by atoms with Gasteiger partial charge in [0.25, 0.3) is 0 Å². The second-order valence-corrected chi connectivity index (χ2v) is 10.7. The van der Waals surface area contributed by atoms with Crippen LogP contribution in [0.2, 0.25) is 0 Å². The van der Waals surface area contributed by atoms with Crippen molar-refractivity contribution < 1.29 is 18.9 Å². The van der Waals surface area contributed by atoms with Crippen molar-refractivity contribution in [1.29, 1.82) is 0 Å². The average Bonchev–Trinajstić information content (AvgIpc) is 3.39. The molecule has 0 amide bonds. The zero-order chi connectivity index (χ0) is 21.6. The molecule has 4 rings (SSSR count). The van der Waals surface area contributed by atoms with E-state index in [2.05, 4.69) is 41.5 Å². The van der Waals surface area contributed by atoms with Crippen molar-refractivity contribution >= 4 is 11.8 Å². The fraction of sp³-hybridized carbons (Fsp3) is 0.667. The zero-order valence-corrected chi connectivity index (χ0v) is 19.0. The van der Waals surface area contributed by atoms with Gasteiger partial charge in [0.2, 0.25) is 11.8 Å². The zero-order valence-electron chi connectivity index (χ0n) is 19.0. The molecule has 1 aromatic rings. The van der Waals surface area contributed by atoms with Gasteiger partial charge in [-0.2, -0.15) is 0 Å². The molecule has 6 heteroatoms. The highest BCUT2D eigenvalue weighted by Gasteiger charge is 2.54. The molecule has 0 unspecified atom stereocenters. The number of ether oxygens (including phenoxy) is 4. The highest BCUT2D eigenvalue weighted by Crippen LogP contribution is 2.41. The summed E-state index contributed by atoms with van der Waals surface area (Å²) < 4.78 is 24.7. The van der Waals surface area contributed by atoms with Crippen LogP contribution in [0.3, 0.4) is 0 Å².